The molecule has 0 heterocycles. The highest BCUT2D eigenvalue weighted by Gasteiger charge is 2.14. The van der Waals surface area contributed by atoms with Crippen molar-refractivity contribution in [3.63, 3.8) is 0 Å². The molecule has 0 saturated carbocycles. The van der Waals surface area contributed by atoms with Gasteiger partial charge in [-0.15, -0.1) is 0 Å². The van der Waals surface area contributed by atoms with Crippen LogP contribution in [0.3, 0.4) is 0 Å². The second-order valence-corrected chi connectivity index (χ2v) is 2.40. The van der Waals surface area contributed by atoms with E-state index in [0.717, 1.165) is 6.07 Å². The van der Waals surface area contributed by atoms with Crippen LogP contribution in [0.15, 0.2) is 12.1 Å². The van der Waals surface area contributed by atoms with Gasteiger partial charge in [-0.3, -0.25) is 10.1 Å². The molecule has 0 fully saturated rings. The lowest BCUT2D eigenvalue weighted by molar-refractivity contribution is -0.385. The summed E-state index contributed by atoms with van der Waals surface area (Å²) < 4.78 is 12.8. The number of aromatic hydroxyl groups is 1. The van der Waals surface area contributed by atoms with E-state index in [1.165, 1.54) is 0 Å². The van der Waals surface area contributed by atoms with Gasteiger partial charge in [0.05, 0.1) is 11.0 Å². The Labute approximate surface area is 72.7 Å². The van der Waals surface area contributed by atoms with Crippen LogP contribution >= 0.6 is 0 Å². The zero-order valence-corrected chi connectivity index (χ0v) is 6.53. The molecule has 0 atom stereocenters. The molecule has 0 spiro atoms. The largest absolute Gasteiger partial charge is 0.505 e. The minimum absolute atomic E-state index is 0.0201. The van der Waals surface area contributed by atoms with Crippen molar-refractivity contribution in [1.29, 1.82) is 0 Å². The van der Waals surface area contributed by atoms with Crippen molar-refractivity contribution in [1.82, 2.24) is 0 Å². The van der Waals surface area contributed by atoms with E-state index in [1.54, 1.807) is 0 Å². The third-order valence-corrected chi connectivity index (χ3v) is 1.56. The van der Waals surface area contributed by atoms with E-state index in [4.69, 9.17) is 10.8 Å². The molecule has 0 aliphatic carbocycles. The van der Waals surface area contributed by atoms with E-state index >= 15 is 0 Å². The quantitative estimate of drug-likeness (QED) is 0.530. The molecule has 1 rings (SSSR count). The minimum Gasteiger partial charge on any atom is -0.505 e. The molecule has 0 amide bonds. The number of phenolic OH excluding ortho intramolecular Hbond substituents is 1. The number of non-ortho nitro benzene ring substituents is 1. The summed E-state index contributed by atoms with van der Waals surface area (Å²) in [5.74, 6) is -1.66. The first-order valence-corrected chi connectivity index (χ1v) is 3.42. The zero-order valence-electron chi connectivity index (χ0n) is 6.53. The Morgan fingerprint density at radius 1 is 1.62 bits per heavy atom. The van der Waals surface area contributed by atoms with Gasteiger partial charge in [0, 0.05) is 18.2 Å². The highest BCUT2D eigenvalue weighted by atomic mass is 19.1. The molecule has 1 aromatic rings. The summed E-state index contributed by atoms with van der Waals surface area (Å²) in [6.07, 6.45) is 0. The Bertz CT molecular complexity index is 354. The number of halogens is 1. The zero-order chi connectivity index (χ0) is 10.0. The predicted molar refractivity (Wildman–Crippen MR) is 42.6 cm³/mol. The Morgan fingerprint density at radius 3 is 2.69 bits per heavy atom. The molecule has 1 aromatic carbocycles. The average Bonchev–Trinajstić information content (AvgIpc) is 2.09. The molecule has 5 nitrogen and oxygen atoms in total. The van der Waals surface area contributed by atoms with E-state index in [2.05, 4.69) is 0 Å². The van der Waals surface area contributed by atoms with Gasteiger partial charge in [-0.1, -0.05) is 0 Å². The van der Waals surface area contributed by atoms with Crippen LogP contribution in [0.4, 0.5) is 10.1 Å². The molecule has 6 heteroatoms. The van der Waals surface area contributed by atoms with Gasteiger partial charge in [-0.25, -0.2) is 4.39 Å². The maximum absolute atomic E-state index is 12.8. The van der Waals surface area contributed by atoms with E-state index in [0.29, 0.717) is 6.07 Å². The van der Waals surface area contributed by atoms with Crippen LogP contribution in [0.5, 0.6) is 5.75 Å². The predicted octanol–water partition coefficient (Wildman–Crippen LogP) is 0.898. The van der Waals surface area contributed by atoms with E-state index in [1.807, 2.05) is 0 Å². The number of rotatable bonds is 2. The van der Waals surface area contributed by atoms with Crippen LogP contribution < -0.4 is 5.73 Å². The average molecular weight is 186 g/mol. The molecule has 0 saturated heterocycles. The number of nitrogens with zero attached hydrogens (tertiary/aromatic N) is 1. The lowest BCUT2D eigenvalue weighted by Crippen LogP contribution is -2.00. The lowest BCUT2D eigenvalue weighted by atomic mass is 10.1. The van der Waals surface area contributed by atoms with Crippen molar-refractivity contribution in [3.05, 3.63) is 33.6 Å². The van der Waals surface area contributed by atoms with Crippen LogP contribution in [0.1, 0.15) is 5.56 Å². The Morgan fingerprint density at radius 2 is 2.23 bits per heavy atom. The van der Waals surface area contributed by atoms with Crippen LogP contribution in [-0.4, -0.2) is 10.0 Å². The molecular formula is C7H7FN2O3. The number of nitrogens with two attached hydrogens (primary N) is 1. The topological polar surface area (TPSA) is 89.4 Å². The van der Waals surface area contributed by atoms with E-state index in [9.17, 15) is 14.5 Å². The van der Waals surface area contributed by atoms with Crippen molar-refractivity contribution in [2.45, 2.75) is 6.54 Å². The summed E-state index contributed by atoms with van der Waals surface area (Å²) in [5.41, 5.74) is 4.74. The number of hydrogen-bond acceptors (Lipinski definition) is 4. The molecule has 0 radical (unpaired) electrons. The number of nitro groups is 1. The van der Waals surface area contributed by atoms with Crippen molar-refractivity contribution in [3.8, 4) is 5.75 Å². The maximum atomic E-state index is 12.8. The van der Waals surface area contributed by atoms with Gasteiger partial charge in [-0.2, -0.15) is 0 Å². The standard InChI is InChI=1S/C7H7FN2O3/c8-6-2-5(10(12)13)1-4(3-9)7(6)11/h1-2,11H,3,9H2. The molecule has 0 bridgehead atoms. The molecule has 13 heavy (non-hydrogen) atoms. The molecule has 0 aromatic heterocycles. The molecule has 0 unspecified atom stereocenters. The van der Waals surface area contributed by atoms with Gasteiger partial charge < -0.3 is 10.8 Å². The Balaban J connectivity index is 3.30. The fraction of sp³-hybridized carbons (Fsp3) is 0.143. The van der Waals surface area contributed by atoms with Crippen LogP contribution in [0.25, 0.3) is 0 Å². The lowest BCUT2D eigenvalue weighted by Gasteiger charge is -2.01. The van der Waals surface area contributed by atoms with Gasteiger partial charge in [0.2, 0.25) is 0 Å². The van der Waals surface area contributed by atoms with Gasteiger partial charge >= 0.3 is 0 Å². The highest BCUT2D eigenvalue weighted by molar-refractivity contribution is 5.44. The summed E-state index contributed by atoms with van der Waals surface area (Å²) in [4.78, 5) is 9.50. The Kier molecular flexibility index (Phi) is 2.43. The maximum Gasteiger partial charge on any atom is 0.272 e. The SMILES string of the molecule is NCc1cc([N+](=O)[O-])cc(F)c1O. The number of benzene rings is 1. The number of hydrogen-bond donors (Lipinski definition) is 2. The molecular weight excluding hydrogens is 179 g/mol. The fourth-order valence-electron chi connectivity index (χ4n) is 0.901. The second-order valence-electron chi connectivity index (χ2n) is 2.40. The third kappa shape index (κ3) is 1.73. The van der Waals surface area contributed by atoms with Crippen molar-refractivity contribution < 1.29 is 14.4 Å². The summed E-state index contributed by atoms with van der Waals surface area (Å²) in [6.45, 7) is -0.148. The number of nitro benzene ring substituents is 1. The van der Waals surface area contributed by atoms with Gasteiger partial charge in [0.1, 0.15) is 0 Å². The highest BCUT2D eigenvalue weighted by Crippen LogP contribution is 2.26. The molecule has 70 valence electrons. The summed E-state index contributed by atoms with van der Waals surface area (Å²) in [5, 5.41) is 19.3. The van der Waals surface area contributed by atoms with Gasteiger partial charge in [0.15, 0.2) is 11.6 Å². The van der Waals surface area contributed by atoms with Crippen molar-refractivity contribution in [2.75, 3.05) is 0 Å². The monoisotopic (exact) mass is 186 g/mol. The van der Waals surface area contributed by atoms with Crippen LogP contribution in [0.2, 0.25) is 0 Å². The smallest absolute Gasteiger partial charge is 0.272 e. The van der Waals surface area contributed by atoms with Gasteiger partial charge in [0.25, 0.3) is 5.69 Å². The first kappa shape index (κ1) is 9.40. The minimum atomic E-state index is -1.03. The van der Waals surface area contributed by atoms with Crippen molar-refractivity contribution in [2.24, 2.45) is 5.73 Å². The number of phenols is 1. The first-order chi connectivity index (χ1) is 6.06. The molecule has 0 aliphatic rings. The normalized spacial score (nSPS) is 10.0. The van der Waals surface area contributed by atoms with Crippen molar-refractivity contribution >= 4 is 5.69 Å². The van der Waals surface area contributed by atoms with E-state index in [-0.39, 0.29) is 12.1 Å². The van der Waals surface area contributed by atoms with Crippen LogP contribution in [0, 0.1) is 15.9 Å². The molecule has 3 N–H and O–H groups in total. The van der Waals surface area contributed by atoms with E-state index < -0.39 is 22.2 Å². The Hall–Kier alpha value is -1.69. The summed E-state index contributed by atoms with van der Waals surface area (Å²) in [6, 6.07) is 1.69. The van der Waals surface area contributed by atoms with Crippen LogP contribution in [-0.2, 0) is 6.54 Å². The van der Waals surface area contributed by atoms with Gasteiger partial charge in [-0.05, 0) is 0 Å². The first-order valence-electron chi connectivity index (χ1n) is 3.42. The fourth-order valence-corrected chi connectivity index (χ4v) is 0.901. The summed E-state index contributed by atoms with van der Waals surface area (Å²) in [7, 11) is 0. The summed E-state index contributed by atoms with van der Waals surface area (Å²) >= 11 is 0. The molecule has 0 aliphatic heterocycles. The third-order valence-electron chi connectivity index (χ3n) is 1.56. The second kappa shape index (κ2) is 3.36.